The minimum absolute atomic E-state index is 0.277. The molecule has 20 heavy (non-hydrogen) atoms. The van der Waals surface area contributed by atoms with Crippen LogP contribution in [-0.2, 0) is 5.75 Å². The van der Waals surface area contributed by atoms with Gasteiger partial charge >= 0.3 is 0 Å². The highest BCUT2D eigenvalue weighted by Crippen LogP contribution is 2.23. The van der Waals surface area contributed by atoms with Crippen molar-refractivity contribution in [1.29, 1.82) is 0 Å². The number of aromatic nitrogens is 4. The number of rotatable bonds is 4. The molecule has 3 aromatic rings. The fourth-order valence-corrected chi connectivity index (χ4v) is 2.24. The number of oxazole rings is 1. The minimum atomic E-state index is -0.293. The maximum absolute atomic E-state index is 12.8. The summed E-state index contributed by atoms with van der Waals surface area (Å²) in [5.41, 5.74) is 6.91. The maximum Gasteiger partial charge on any atom is 0.226 e. The van der Waals surface area contributed by atoms with Crippen LogP contribution in [0.2, 0.25) is 0 Å². The largest absolute Gasteiger partial charge is 0.444 e. The summed E-state index contributed by atoms with van der Waals surface area (Å²) in [6.45, 7) is 0. The molecular weight excluding hydrogens is 281 g/mol. The van der Waals surface area contributed by atoms with E-state index in [0.717, 1.165) is 11.3 Å². The number of nitrogen functional groups attached to an aromatic ring is 1. The van der Waals surface area contributed by atoms with Crippen LogP contribution in [0, 0.1) is 5.82 Å². The highest BCUT2D eigenvalue weighted by atomic mass is 32.2. The summed E-state index contributed by atoms with van der Waals surface area (Å²) in [7, 11) is 0. The van der Waals surface area contributed by atoms with Crippen molar-refractivity contribution in [3.8, 4) is 11.5 Å². The first-order valence-electron chi connectivity index (χ1n) is 5.72. The Balaban J connectivity index is 1.69. The SMILES string of the molecule is Nc1nc(SCc2coc(-c3ccc(F)cc3)n2)n[nH]1. The number of nitrogens with one attached hydrogen (secondary N) is 1. The van der Waals surface area contributed by atoms with Gasteiger partial charge in [0, 0.05) is 11.3 Å². The van der Waals surface area contributed by atoms with Crippen LogP contribution in [0.4, 0.5) is 10.3 Å². The molecule has 0 radical (unpaired) electrons. The van der Waals surface area contributed by atoms with Gasteiger partial charge in [-0.15, -0.1) is 5.10 Å². The number of hydrogen-bond donors (Lipinski definition) is 2. The van der Waals surface area contributed by atoms with Gasteiger partial charge in [0.05, 0.1) is 5.69 Å². The predicted molar refractivity (Wildman–Crippen MR) is 72.3 cm³/mol. The first-order valence-corrected chi connectivity index (χ1v) is 6.70. The van der Waals surface area contributed by atoms with Gasteiger partial charge in [-0.2, -0.15) is 4.98 Å². The average Bonchev–Trinajstić information content (AvgIpc) is 3.06. The Morgan fingerprint density at radius 3 is 2.75 bits per heavy atom. The van der Waals surface area contributed by atoms with E-state index in [1.165, 1.54) is 23.9 Å². The van der Waals surface area contributed by atoms with Gasteiger partial charge in [-0.05, 0) is 24.3 Å². The van der Waals surface area contributed by atoms with Crippen molar-refractivity contribution in [3.63, 3.8) is 0 Å². The van der Waals surface area contributed by atoms with Crippen molar-refractivity contribution in [2.45, 2.75) is 10.9 Å². The first kappa shape index (κ1) is 12.7. The quantitative estimate of drug-likeness (QED) is 0.717. The zero-order valence-corrected chi connectivity index (χ0v) is 11.0. The fourth-order valence-electron chi connectivity index (χ4n) is 1.56. The first-order chi connectivity index (χ1) is 9.70. The number of thioether (sulfide) groups is 1. The van der Waals surface area contributed by atoms with Crippen LogP contribution >= 0.6 is 11.8 Å². The van der Waals surface area contributed by atoms with Crippen molar-refractivity contribution >= 4 is 17.7 Å². The Kier molecular flexibility index (Phi) is 3.38. The summed E-state index contributed by atoms with van der Waals surface area (Å²) in [5.74, 6) is 0.996. The number of anilines is 1. The number of nitrogens with zero attached hydrogens (tertiary/aromatic N) is 3. The molecule has 0 bridgehead atoms. The lowest BCUT2D eigenvalue weighted by atomic mass is 10.2. The third-order valence-corrected chi connectivity index (χ3v) is 3.36. The average molecular weight is 291 g/mol. The molecule has 2 heterocycles. The second-order valence-electron chi connectivity index (χ2n) is 3.94. The topological polar surface area (TPSA) is 93.6 Å². The van der Waals surface area contributed by atoms with E-state index >= 15 is 0 Å². The number of aromatic amines is 1. The lowest BCUT2D eigenvalue weighted by molar-refractivity contribution is 0.573. The van der Waals surface area contributed by atoms with E-state index in [-0.39, 0.29) is 11.8 Å². The van der Waals surface area contributed by atoms with Gasteiger partial charge in [0.15, 0.2) is 0 Å². The van der Waals surface area contributed by atoms with Crippen molar-refractivity contribution in [2.75, 3.05) is 5.73 Å². The predicted octanol–water partition coefficient (Wildman–Crippen LogP) is 2.47. The lowest BCUT2D eigenvalue weighted by Gasteiger charge is -1.94. The van der Waals surface area contributed by atoms with E-state index < -0.39 is 0 Å². The molecule has 102 valence electrons. The molecule has 0 spiro atoms. The van der Waals surface area contributed by atoms with E-state index in [0.29, 0.717) is 16.8 Å². The summed E-state index contributed by atoms with van der Waals surface area (Å²) in [4.78, 5) is 8.30. The summed E-state index contributed by atoms with van der Waals surface area (Å²) in [6, 6.07) is 5.97. The van der Waals surface area contributed by atoms with Gasteiger partial charge in [0.25, 0.3) is 0 Å². The van der Waals surface area contributed by atoms with Crippen LogP contribution in [0.15, 0.2) is 40.1 Å². The molecule has 0 saturated heterocycles. The summed E-state index contributed by atoms with van der Waals surface area (Å²) < 4.78 is 18.2. The van der Waals surface area contributed by atoms with Crippen LogP contribution in [0.3, 0.4) is 0 Å². The maximum atomic E-state index is 12.8. The Morgan fingerprint density at radius 1 is 1.25 bits per heavy atom. The second-order valence-corrected chi connectivity index (χ2v) is 4.89. The fraction of sp³-hybridized carbons (Fsp3) is 0.0833. The summed E-state index contributed by atoms with van der Waals surface area (Å²) >= 11 is 1.39. The zero-order chi connectivity index (χ0) is 13.9. The standard InChI is InChI=1S/C12H10FN5OS/c13-8-3-1-7(2-4-8)10-15-9(5-19-10)6-20-12-16-11(14)17-18-12/h1-5H,6H2,(H3,14,16,17,18). The highest BCUT2D eigenvalue weighted by Gasteiger charge is 2.08. The number of hydrogen-bond acceptors (Lipinski definition) is 6. The zero-order valence-electron chi connectivity index (χ0n) is 10.2. The number of halogens is 1. The van der Waals surface area contributed by atoms with Gasteiger partial charge in [-0.3, -0.25) is 0 Å². The van der Waals surface area contributed by atoms with E-state index in [2.05, 4.69) is 20.2 Å². The molecule has 0 saturated carbocycles. The molecule has 0 unspecified atom stereocenters. The van der Waals surface area contributed by atoms with Crippen LogP contribution in [0.25, 0.3) is 11.5 Å². The number of H-pyrrole nitrogens is 1. The smallest absolute Gasteiger partial charge is 0.226 e. The van der Waals surface area contributed by atoms with Crippen molar-refractivity contribution in [2.24, 2.45) is 0 Å². The van der Waals surface area contributed by atoms with E-state index in [9.17, 15) is 4.39 Å². The van der Waals surface area contributed by atoms with Crippen LogP contribution < -0.4 is 5.73 Å². The van der Waals surface area contributed by atoms with Gasteiger partial charge in [0.2, 0.25) is 17.0 Å². The Hall–Kier alpha value is -2.35. The van der Waals surface area contributed by atoms with Crippen LogP contribution in [0.5, 0.6) is 0 Å². The second kappa shape index (κ2) is 5.33. The van der Waals surface area contributed by atoms with Crippen molar-refractivity contribution < 1.29 is 8.81 Å². The van der Waals surface area contributed by atoms with Crippen molar-refractivity contribution in [3.05, 3.63) is 42.0 Å². The molecule has 3 rings (SSSR count). The van der Waals surface area contributed by atoms with Crippen LogP contribution in [-0.4, -0.2) is 20.2 Å². The Morgan fingerprint density at radius 2 is 2.05 bits per heavy atom. The molecule has 8 heteroatoms. The number of benzene rings is 1. The molecule has 0 amide bonds. The Labute approximate surface area is 117 Å². The molecule has 0 aliphatic carbocycles. The Bertz CT molecular complexity index is 709. The molecule has 3 N–H and O–H groups in total. The van der Waals surface area contributed by atoms with E-state index in [1.807, 2.05) is 0 Å². The molecular formula is C12H10FN5OS. The van der Waals surface area contributed by atoms with Gasteiger partial charge in [0.1, 0.15) is 12.1 Å². The lowest BCUT2D eigenvalue weighted by Crippen LogP contribution is -1.85. The normalized spacial score (nSPS) is 10.8. The molecule has 0 aliphatic heterocycles. The monoisotopic (exact) mass is 291 g/mol. The molecule has 0 atom stereocenters. The number of nitrogens with two attached hydrogens (primary N) is 1. The van der Waals surface area contributed by atoms with Gasteiger partial charge in [-0.25, -0.2) is 14.5 Å². The molecule has 0 fully saturated rings. The van der Waals surface area contributed by atoms with Gasteiger partial charge < -0.3 is 10.2 Å². The third kappa shape index (κ3) is 2.80. The highest BCUT2D eigenvalue weighted by molar-refractivity contribution is 7.98. The molecule has 2 aromatic heterocycles. The van der Waals surface area contributed by atoms with Crippen LogP contribution in [0.1, 0.15) is 5.69 Å². The minimum Gasteiger partial charge on any atom is -0.444 e. The molecule has 6 nitrogen and oxygen atoms in total. The van der Waals surface area contributed by atoms with E-state index in [4.69, 9.17) is 10.2 Å². The van der Waals surface area contributed by atoms with Crippen molar-refractivity contribution in [1.82, 2.24) is 20.2 Å². The molecule has 0 aliphatic rings. The molecule has 1 aromatic carbocycles. The van der Waals surface area contributed by atoms with E-state index in [1.54, 1.807) is 18.4 Å². The summed E-state index contributed by atoms with van der Waals surface area (Å²) in [6.07, 6.45) is 1.56. The third-order valence-electron chi connectivity index (χ3n) is 2.47. The summed E-state index contributed by atoms with van der Waals surface area (Å²) in [5, 5.41) is 7.01. The van der Waals surface area contributed by atoms with Gasteiger partial charge in [-0.1, -0.05) is 11.8 Å².